The molecule has 0 atom stereocenters. The van der Waals surface area contributed by atoms with Gasteiger partial charge in [-0.3, -0.25) is 0 Å². The van der Waals surface area contributed by atoms with Gasteiger partial charge in [0.2, 0.25) is 5.71 Å². The highest BCUT2D eigenvalue weighted by Gasteiger charge is 2.07. The van der Waals surface area contributed by atoms with E-state index < -0.39 is 6.08 Å². The zero-order valence-corrected chi connectivity index (χ0v) is 4.72. The van der Waals surface area contributed by atoms with E-state index >= 15 is 0 Å². The Bertz CT molecular complexity index is 363. The first-order valence-corrected chi connectivity index (χ1v) is 2.50. The molecule has 2 rings (SSSR count). The molecule has 0 unspecified atom stereocenters. The van der Waals surface area contributed by atoms with Gasteiger partial charge in [-0.05, 0) is 0 Å². The summed E-state index contributed by atoms with van der Waals surface area (Å²) in [5, 5.41) is 20.8. The van der Waals surface area contributed by atoms with Gasteiger partial charge in [0, 0.05) is 0 Å². The van der Waals surface area contributed by atoms with Crippen LogP contribution in [0, 0.1) is 0 Å². The first kappa shape index (κ1) is 5.10. The normalized spacial score (nSPS) is 10.8. The molecule has 0 aromatic carbocycles. The minimum atomic E-state index is -0.493. The number of aromatic nitrogens is 3. The van der Waals surface area contributed by atoms with E-state index in [1.54, 1.807) is 0 Å². The summed E-state index contributed by atoms with van der Waals surface area (Å²) in [6, 6.07) is -0.306. The molecule has 0 fully saturated rings. The van der Waals surface area contributed by atoms with Gasteiger partial charge in [-0.2, -0.15) is 4.98 Å². The molecule has 0 saturated heterocycles. The Morgan fingerprint density at radius 1 is 1.50 bits per heavy atom. The van der Waals surface area contributed by atoms with E-state index in [9.17, 15) is 0 Å². The van der Waals surface area contributed by atoms with Gasteiger partial charge >= 0.3 is 12.1 Å². The zero-order chi connectivity index (χ0) is 7.14. The van der Waals surface area contributed by atoms with Crippen LogP contribution in [0.3, 0.4) is 0 Å². The second-order valence-electron chi connectivity index (χ2n) is 1.69. The van der Waals surface area contributed by atoms with E-state index in [4.69, 9.17) is 10.2 Å². The first-order valence-electron chi connectivity index (χ1n) is 2.50. The third-order valence-corrected chi connectivity index (χ3v) is 1.07. The van der Waals surface area contributed by atoms with Crippen LogP contribution in [-0.2, 0) is 0 Å². The summed E-state index contributed by atoms with van der Waals surface area (Å²) in [6.45, 7) is 0. The number of nitrogens with zero attached hydrogens (tertiary/aromatic N) is 3. The summed E-state index contributed by atoms with van der Waals surface area (Å²) in [5.74, 6) is 0. The van der Waals surface area contributed by atoms with Crippen molar-refractivity contribution < 1.29 is 14.6 Å². The smallest absolute Gasteiger partial charge is 0.411 e. The van der Waals surface area contributed by atoms with E-state index in [2.05, 4.69) is 14.5 Å². The minimum Gasteiger partial charge on any atom is -0.479 e. The molecule has 2 aromatic heterocycles. The maximum atomic E-state index is 8.84. The van der Waals surface area contributed by atoms with E-state index in [1.165, 1.54) is 6.20 Å². The lowest BCUT2D eigenvalue weighted by Gasteiger charge is -1.77. The molecule has 0 spiro atoms. The van der Waals surface area contributed by atoms with Crippen molar-refractivity contribution in [3.05, 3.63) is 6.20 Å². The number of fused-ring (bicyclic) bond motifs is 1. The van der Waals surface area contributed by atoms with Gasteiger partial charge in [-0.25, -0.2) is 0 Å². The summed E-state index contributed by atoms with van der Waals surface area (Å²) >= 11 is 0. The highest BCUT2D eigenvalue weighted by molar-refractivity contribution is 5.32. The zero-order valence-electron chi connectivity index (χ0n) is 4.72. The topological polar surface area (TPSA) is 83.8 Å². The average Bonchev–Trinajstić information content (AvgIpc) is 2.35. The SMILES string of the molecule is Oc1nn2c(O)ncc2o1. The molecular formula is C4H3N3O3. The maximum absolute atomic E-state index is 8.84. The lowest BCUT2D eigenvalue weighted by Crippen LogP contribution is -1.80. The number of aromatic hydroxyl groups is 2. The van der Waals surface area contributed by atoms with Crippen molar-refractivity contribution in [2.75, 3.05) is 0 Å². The quantitative estimate of drug-likeness (QED) is 0.527. The van der Waals surface area contributed by atoms with Gasteiger partial charge in [0.15, 0.2) is 0 Å². The summed E-state index contributed by atoms with van der Waals surface area (Å²) in [6.07, 6.45) is 0.759. The van der Waals surface area contributed by atoms with Gasteiger partial charge in [0.25, 0.3) is 0 Å². The summed E-state index contributed by atoms with van der Waals surface area (Å²) < 4.78 is 5.56. The Balaban J connectivity index is 2.90. The molecule has 0 bridgehead atoms. The third kappa shape index (κ3) is 0.471. The molecule has 0 aliphatic carbocycles. The second kappa shape index (κ2) is 1.41. The first-order chi connectivity index (χ1) is 4.77. The van der Waals surface area contributed by atoms with Gasteiger partial charge < -0.3 is 14.6 Å². The maximum Gasteiger partial charge on any atom is 0.411 e. The predicted octanol–water partition coefficient (Wildman–Crippen LogP) is -0.267. The van der Waals surface area contributed by atoms with Crippen molar-refractivity contribution in [2.24, 2.45) is 0 Å². The largest absolute Gasteiger partial charge is 0.479 e. The highest BCUT2D eigenvalue weighted by Crippen LogP contribution is 2.15. The predicted molar refractivity (Wildman–Crippen MR) is 28.6 cm³/mol. The fourth-order valence-electron chi connectivity index (χ4n) is 0.684. The molecule has 6 nitrogen and oxygen atoms in total. The van der Waals surface area contributed by atoms with E-state index in [-0.39, 0.29) is 11.7 Å². The van der Waals surface area contributed by atoms with Crippen LogP contribution in [0.5, 0.6) is 12.1 Å². The molecule has 2 aromatic rings. The van der Waals surface area contributed by atoms with Crippen LogP contribution in [0.2, 0.25) is 0 Å². The monoisotopic (exact) mass is 141 g/mol. The van der Waals surface area contributed by atoms with Crippen molar-refractivity contribution in [3.8, 4) is 12.1 Å². The standard InChI is InChI=1S/C4H3N3O3/c8-3-5-1-2-7(3)6-4(9)10-2/h1H,(H,5,8)(H,6,9). The minimum absolute atomic E-state index is 0.204. The van der Waals surface area contributed by atoms with Gasteiger partial charge in [-0.1, -0.05) is 5.10 Å². The van der Waals surface area contributed by atoms with Crippen molar-refractivity contribution >= 4 is 5.71 Å². The van der Waals surface area contributed by atoms with Gasteiger partial charge in [-0.15, -0.1) is 4.52 Å². The van der Waals surface area contributed by atoms with E-state index in [1.807, 2.05) is 0 Å². The third-order valence-electron chi connectivity index (χ3n) is 1.07. The molecule has 10 heavy (non-hydrogen) atoms. The van der Waals surface area contributed by atoms with Crippen LogP contribution < -0.4 is 0 Å². The Morgan fingerprint density at radius 3 is 3.00 bits per heavy atom. The van der Waals surface area contributed by atoms with Crippen molar-refractivity contribution in [3.63, 3.8) is 0 Å². The molecule has 0 amide bonds. The molecule has 0 aliphatic rings. The van der Waals surface area contributed by atoms with Gasteiger partial charge in [0.1, 0.15) is 0 Å². The molecule has 2 N–H and O–H groups in total. The number of hydrogen-bond acceptors (Lipinski definition) is 5. The van der Waals surface area contributed by atoms with E-state index in [0.717, 1.165) is 4.52 Å². The summed E-state index contributed by atoms with van der Waals surface area (Å²) in [5.41, 5.74) is 0.204. The number of hydrogen-bond donors (Lipinski definition) is 2. The fourth-order valence-corrected chi connectivity index (χ4v) is 0.684. The van der Waals surface area contributed by atoms with Gasteiger partial charge in [0.05, 0.1) is 6.20 Å². The fraction of sp³-hybridized carbons (Fsp3) is 0. The van der Waals surface area contributed by atoms with Crippen molar-refractivity contribution in [1.29, 1.82) is 0 Å². The second-order valence-corrected chi connectivity index (χ2v) is 1.69. The lowest BCUT2D eigenvalue weighted by atomic mass is 10.9. The van der Waals surface area contributed by atoms with Crippen LogP contribution in [0.1, 0.15) is 0 Å². The molecule has 52 valence electrons. The van der Waals surface area contributed by atoms with Crippen LogP contribution in [0.25, 0.3) is 5.71 Å². The number of imidazole rings is 1. The summed E-state index contributed by atoms with van der Waals surface area (Å²) in [4.78, 5) is 3.45. The Hall–Kier alpha value is -1.72. The van der Waals surface area contributed by atoms with Crippen molar-refractivity contribution in [1.82, 2.24) is 14.6 Å². The van der Waals surface area contributed by atoms with E-state index in [0.29, 0.717) is 0 Å². The number of rotatable bonds is 0. The van der Waals surface area contributed by atoms with Crippen LogP contribution >= 0.6 is 0 Å². The lowest BCUT2D eigenvalue weighted by molar-refractivity contribution is 0.325. The Kier molecular flexibility index (Phi) is 0.717. The Labute approximate surface area is 54.3 Å². The molecule has 0 radical (unpaired) electrons. The van der Waals surface area contributed by atoms with Crippen LogP contribution in [-0.4, -0.2) is 24.8 Å². The molecule has 6 heteroatoms. The molecular weight excluding hydrogens is 138 g/mol. The molecule has 0 aliphatic heterocycles. The van der Waals surface area contributed by atoms with Crippen LogP contribution in [0.4, 0.5) is 0 Å². The highest BCUT2D eigenvalue weighted by atomic mass is 16.5. The summed E-state index contributed by atoms with van der Waals surface area (Å²) in [7, 11) is 0. The Morgan fingerprint density at radius 2 is 2.30 bits per heavy atom. The average molecular weight is 141 g/mol. The molecule has 0 saturated carbocycles. The van der Waals surface area contributed by atoms with Crippen molar-refractivity contribution in [2.45, 2.75) is 0 Å². The van der Waals surface area contributed by atoms with Crippen LogP contribution in [0.15, 0.2) is 10.6 Å². The molecule has 2 heterocycles.